The third-order valence-electron chi connectivity index (χ3n) is 1.06. The second-order valence-corrected chi connectivity index (χ2v) is 3.00. The van der Waals surface area contributed by atoms with Gasteiger partial charge in [-0.25, -0.2) is 9.78 Å². The van der Waals surface area contributed by atoms with E-state index in [1.165, 1.54) is 0 Å². The summed E-state index contributed by atoms with van der Waals surface area (Å²) >= 11 is 3.19. The van der Waals surface area contributed by atoms with Gasteiger partial charge in [0.15, 0.2) is 0 Å². The minimum atomic E-state index is -0.667. The number of hydrogen-bond acceptors (Lipinski definition) is 3. The first kappa shape index (κ1) is 8.79. The Morgan fingerprint density at radius 3 is 2.75 bits per heavy atom. The number of urea groups is 1. The van der Waals surface area contributed by atoms with E-state index in [0.717, 1.165) is 4.47 Å². The fourth-order valence-corrected chi connectivity index (χ4v) is 1.16. The van der Waals surface area contributed by atoms with Crippen LogP contribution >= 0.6 is 15.9 Å². The summed E-state index contributed by atoms with van der Waals surface area (Å²) in [5, 5.41) is 2.30. The van der Waals surface area contributed by atoms with Crippen LogP contribution in [0.2, 0.25) is 0 Å². The number of carbonyl (C=O) groups excluding carboxylic acids is 1. The van der Waals surface area contributed by atoms with Crippen LogP contribution in [-0.4, -0.2) is 11.0 Å². The van der Waals surface area contributed by atoms with Gasteiger partial charge in [-0.2, -0.15) is 0 Å². The van der Waals surface area contributed by atoms with Crippen molar-refractivity contribution in [1.29, 1.82) is 0 Å². The highest BCUT2D eigenvalue weighted by molar-refractivity contribution is 9.10. The Hall–Kier alpha value is -1.30. The molecule has 0 aliphatic heterocycles. The zero-order chi connectivity index (χ0) is 9.14. The normalized spacial score (nSPS) is 9.42. The van der Waals surface area contributed by atoms with Gasteiger partial charge in [-0.3, -0.25) is 5.32 Å². The number of primary amides is 1. The summed E-state index contributed by atoms with van der Waals surface area (Å²) in [6, 6.07) is 2.55. The maximum Gasteiger partial charge on any atom is 0.317 e. The molecule has 5 N–H and O–H groups in total. The van der Waals surface area contributed by atoms with Gasteiger partial charge in [0, 0.05) is 4.47 Å². The zero-order valence-corrected chi connectivity index (χ0v) is 7.63. The predicted octanol–water partition coefficient (Wildman–Crippen LogP) is 0.917. The van der Waals surface area contributed by atoms with Crippen LogP contribution in [0.15, 0.2) is 16.6 Å². The number of rotatable bonds is 1. The Morgan fingerprint density at radius 1 is 1.58 bits per heavy atom. The zero-order valence-electron chi connectivity index (χ0n) is 6.04. The molecule has 0 fully saturated rings. The fourth-order valence-electron chi connectivity index (χ4n) is 0.707. The molecule has 5 nitrogen and oxygen atoms in total. The number of nitrogens with one attached hydrogen (secondary N) is 1. The first-order valence-corrected chi connectivity index (χ1v) is 3.87. The van der Waals surface area contributed by atoms with Gasteiger partial charge in [0.2, 0.25) is 0 Å². The minimum absolute atomic E-state index is 0.313. The Balaban J connectivity index is 2.93. The van der Waals surface area contributed by atoms with Crippen molar-refractivity contribution in [2.75, 3.05) is 11.1 Å². The van der Waals surface area contributed by atoms with E-state index in [0.29, 0.717) is 11.6 Å². The molecule has 6 heteroatoms. The van der Waals surface area contributed by atoms with Crippen LogP contribution in [0.3, 0.4) is 0 Å². The molecular formula is C6H7BrN4O. The van der Waals surface area contributed by atoms with Crippen molar-refractivity contribution in [3.63, 3.8) is 0 Å². The van der Waals surface area contributed by atoms with Gasteiger partial charge in [-0.05, 0) is 12.1 Å². The number of carbonyl (C=O) groups is 1. The summed E-state index contributed by atoms with van der Waals surface area (Å²) in [5.74, 6) is 0.641. The van der Waals surface area contributed by atoms with Crippen molar-refractivity contribution in [3.8, 4) is 0 Å². The number of halogens is 1. The van der Waals surface area contributed by atoms with Crippen molar-refractivity contribution < 1.29 is 4.79 Å². The van der Waals surface area contributed by atoms with E-state index in [1.807, 2.05) is 0 Å². The van der Waals surface area contributed by atoms with Crippen LogP contribution in [0, 0.1) is 0 Å². The monoisotopic (exact) mass is 230 g/mol. The highest BCUT2D eigenvalue weighted by atomic mass is 79.9. The van der Waals surface area contributed by atoms with Crippen LogP contribution in [0.4, 0.5) is 16.4 Å². The summed E-state index contributed by atoms with van der Waals surface area (Å²) < 4.78 is 0.735. The Bertz CT molecular complexity index is 294. The molecule has 12 heavy (non-hydrogen) atoms. The van der Waals surface area contributed by atoms with Crippen molar-refractivity contribution in [3.05, 3.63) is 16.6 Å². The number of amides is 2. The van der Waals surface area contributed by atoms with Crippen LogP contribution < -0.4 is 16.8 Å². The number of hydrogen-bond donors (Lipinski definition) is 3. The standard InChI is InChI=1S/C6H7BrN4O/c7-3-1-4(8)10-5(2-3)11-6(9)12/h1-2H,(H5,8,9,10,11,12). The SMILES string of the molecule is NC(=O)Nc1cc(Br)cc(N)n1. The lowest BCUT2D eigenvalue weighted by Crippen LogP contribution is -2.20. The highest BCUT2D eigenvalue weighted by Gasteiger charge is 1.99. The van der Waals surface area contributed by atoms with E-state index < -0.39 is 6.03 Å². The summed E-state index contributed by atoms with van der Waals surface area (Å²) in [7, 11) is 0. The Morgan fingerprint density at radius 2 is 2.25 bits per heavy atom. The maximum absolute atomic E-state index is 10.4. The van der Waals surface area contributed by atoms with Gasteiger partial charge in [0.05, 0.1) is 0 Å². The first-order chi connectivity index (χ1) is 5.58. The number of aromatic nitrogens is 1. The minimum Gasteiger partial charge on any atom is -0.384 e. The van der Waals surface area contributed by atoms with E-state index in [4.69, 9.17) is 11.5 Å². The van der Waals surface area contributed by atoms with E-state index in [1.54, 1.807) is 12.1 Å². The number of pyridine rings is 1. The molecule has 0 aliphatic rings. The molecule has 64 valence electrons. The molecular weight excluding hydrogens is 224 g/mol. The Kier molecular flexibility index (Phi) is 2.49. The van der Waals surface area contributed by atoms with Crippen LogP contribution in [0.25, 0.3) is 0 Å². The lowest BCUT2D eigenvalue weighted by atomic mass is 10.4. The summed E-state index contributed by atoms with van der Waals surface area (Å²) in [4.78, 5) is 14.2. The van der Waals surface area contributed by atoms with Crippen LogP contribution in [-0.2, 0) is 0 Å². The van der Waals surface area contributed by atoms with Crippen molar-refractivity contribution >= 4 is 33.6 Å². The van der Waals surface area contributed by atoms with E-state index in [9.17, 15) is 4.79 Å². The third-order valence-corrected chi connectivity index (χ3v) is 1.52. The van der Waals surface area contributed by atoms with Gasteiger partial charge in [0.1, 0.15) is 11.6 Å². The average molecular weight is 231 g/mol. The molecule has 0 unspecified atom stereocenters. The van der Waals surface area contributed by atoms with Crippen LogP contribution in [0.5, 0.6) is 0 Å². The molecule has 1 aromatic heterocycles. The lowest BCUT2D eigenvalue weighted by molar-refractivity contribution is 0.259. The summed E-state index contributed by atoms with van der Waals surface area (Å²) in [6.45, 7) is 0. The number of nitrogen functional groups attached to an aromatic ring is 1. The number of anilines is 2. The molecule has 0 saturated carbocycles. The molecule has 2 amide bonds. The molecule has 0 atom stereocenters. The molecule has 0 bridgehead atoms. The van der Waals surface area contributed by atoms with Crippen molar-refractivity contribution in [2.45, 2.75) is 0 Å². The molecule has 0 saturated heterocycles. The molecule has 1 heterocycles. The fraction of sp³-hybridized carbons (Fsp3) is 0. The third kappa shape index (κ3) is 2.39. The number of nitrogens with two attached hydrogens (primary N) is 2. The second-order valence-electron chi connectivity index (χ2n) is 2.08. The topological polar surface area (TPSA) is 94.0 Å². The molecule has 0 aromatic carbocycles. The molecule has 1 aromatic rings. The molecule has 1 rings (SSSR count). The van der Waals surface area contributed by atoms with Gasteiger partial charge in [-0.1, -0.05) is 15.9 Å². The van der Waals surface area contributed by atoms with Gasteiger partial charge < -0.3 is 11.5 Å². The quantitative estimate of drug-likeness (QED) is 0.670. The summed E-state index contributed by atoms with van der Waals surface area (Å²) in [5.41, 5.74) is 10.3. The van der Waals surface area contributed by atoms with E-state index >= 15 is 0 Å². The number of nitrogens with zero attached hydrogens (tertiary/aromatic N) is 1. The van der Waals surface area contributed by atoms with E-state index in [-0.39, 0.29) is 0 Å². The smallest absolute Gasteiger partial charge is 0.317 e. The largest absolute Gasteiger partial charge is 0.384 e. The van der Waals surface area contributed by atoms with Gasteiger partial charge >= 0.3 is 6.03 Å². The van der Waals surface area contributed by atoms with Crippen molar-refractivity contribution in [1.82, 2.24) is 4.98 Å². The van der Waals surface area contributed by atoms with Gasteiger partial charge in [-0.15, -0.1) is 0 Å². The molecule has 0 radical (unpaired) electrons. The Labute approximate surface area is 77.3 Å². The lowest BCUT2D eigenvalue weighted by Gasteiger charge is -2.01. The first-order valence-electron chi connectivity index (χ1n) is 3.07. The highest BCUT2D eigenvalue weighted by Crippen LogP contribution is 2.16. The molecule has 0 spiro atoms. The van der Waals surface area contributed by atoms with Crippen molar-refractivity contribution in [2.24, 2.45) is 5.73 Å². The van der Waals surface area contributed by atoms with Crippen LogP contribution in [0.1, 0.15) is 0 Å². The maximum atomic E-state index is 10.4. The average Bonchev–Trinajstić information content (AvgIpc) is 1.81. The predicted molar refractivity (Wildman–Crippen MR) is 49.6 cm³/mol. The molecule has 0 aliphatic carbocycles. The summed E-state index contributed by atoms with van der Waals surface area (Å²) in [6.07, 6.45) is 0. The second kappa shape index (κ2) is 3.40. The van der Waals surface area contributed by atoms with E-state index in [2.05, 4.69) is 26.2 Å². The van der Waals surface area contributed by atoms with Gasteiger partial charge in [0.25, 0.3) is 0 Å².